The highest BCUT2D eigenvalue weighted by Gasteiger charge is 2.27. The van der Waals surface area contributed by atoms with Gasteiger partial charge in [0.2, 0.25) is 5.91 Å². The molecular formula is C14H25N3O. The van der Waals surface area contributed by atoms with E-state index in [0.717, 1.165) is 26.2 Å². The lowest BCUT2D eigenvalue weighted by molar-refractivity contribution is -0.133. The molecule has 0 aromatic carbocycles. The van der Waals surface area contributed by atoms with E-state index in [0.29, 0.717) is 13.0 Å². The lowest BCUT2D eigenvalue weighted by atomic mass is 9.85. The Bertz CT molecular complexity index is 319. The van der Waals surface area contributed by atoms with E-state index in [1.807, 2.05) is 4.90 Å². The van der Waals surface area contributed by atoms with Crippen molar-refractivity contribution in [2.75, 3.05) is 32.7 Å². The lowest BCUT2D eigenvalue weighted by Crippen LogP contribution is -2.50. The van der Waals surface area contributed by atoms with Crippen molar-refractivity contribution in [2.45, 2.75) is 33.2 Å². The Labute approximate surface area is 110 Å². The van der Waals surface area contributed by atoms with Crippen LogP contribution in [0.25, 0.3) is 0 Å². The van der Waals surface area contributed by atoms with Gasteiger partial charge < -0.3 is 10.6 Å². The van der Waals surface area contributed by atoms with E-state index in [4.69, 9.17) is 12.2 Å². The zero-order chi connectivity index (χ0) is 13.8. The van der Waals surface area contributed by atoms with Crippen molar-refractivity contribution < 1.29 is 4.79 Å². The molecule has 0 aliphatic carbocycles. The summed E-state index contributed by atoms with van der Waals surface area (Å²) in [7, 11) is 0. The number of nitrogens with zero attached hydrogens (tertiary/aromatic N) is 2. The Morgan fingerprint density at radius 3 is 2.33 bits per heavy atom. The fraction of sp³-hybridized carbons (Fsp3) is 0.786. The molecule has 0 bridgehead atoms. The lowest BCUT2D eigenvalue weighted by Gasteiger charge is -2.35. The Morgan fingerprint density at radius 1 is 1.33 bits per heavy atom. The molecule has 1 heterocycles. The Balaban J connectivity index is 2.39. The van der Waals surface area contributed by atoms with Gasteiger partial charge in [0.05, 0.1) is 6.54 Å². The predicted molar refractivity (Wildman–Crippen MR) is 73.9 cm³/mol. The average molecular weight is 251 g/mol. The number of carbonyl (C=O) groups is 1. The minimum atomic E-state index is -0.0891. The first-order valence-electron chi connectivity index (χ1n) is 6.53. The van der Waals surface area contributed by atoms with Crippen molar-refractivity contribution in [3.63, 3.8) is 0 Å². The van der Waals surface area contributed by atoms with E-state index in [1.165, 1.54) is 0 Å². The molecule has 0 aromatic heterocycles. The first kappa shape index (κ1) is 15.0. The molecule has 0 saturated carbocycles. The highest BCUT2D eigenvalue weighted by molar-refractivity contribution is 5.77. The molecule has 0 radical (unpaired) electrons. The maximum atomic E-state index is 12.1. The first-order chi connectivity index (χ1) is 8.34. The van der Waals surface area contributed by atoms with E-state index in [9.17, 15) is 4.79 Å². The van der Waals surface area contributed by atoms with Gasteiger partial charge in [0.25, 0.3) is 0 Å². The molecule has 1 unspecified atom stereocenters. The van der Waals surface area contributed by atoms with Crippen LogP contribution < -0.4 is 5.73 Å². The van der Waals surface area contributed by atoms with Gasteiger partial charge in [0.1, 0.15) is 0 Å². The third-order valence-electron chi connectivity index (χ3n) is 3.55. The van der Waals surface area contributed by atoms with Crippen molar-refractivity contribution in [3.8, 4) is 12.3 Å². The van der Waals surface area contributed by atoms with Crippen molar-refractivity contribution in [1.29, 1.82) is 0 Å². The minimum absolute atomic E-state index is 0.0268. The quantitative estimate of drug-likeness (QED) is 0.744. The number of amides is 1. The summed E-state index contributed by atoms with van der Waals surface area (Å²) in [5.74, 6) is 2.80. The fourth-order valence-corrected chi connectivity index (χ4v) is 1.91. The molecule has 2 N–H and O–H groups in total. The first-order valence-corrected chi connectivity index (χ1v) is 6.53. The van der Waals surface area contributed by atoms with Gasteiger partial charge in [-0.3, -0.25) is 9.69 Å². The molecule has 4 nitrogen and oxygen atoms in total. The van der Waals surface area contributed by atoms with Crippen LogP contribution >= 0.6 is 0 Å². The summed E-state index contributed by atoms with van der Waals surface area (Å²) < 4.78 is 0. The minimum Gasteiger partial charge on any atom is -0.340 e. The van der Waals surface area contributed by atoms with Gasteiger partial charge in [0, 0.05) is 38.6 Å². The summed E-state index contributed by atoms with van der Waals surface area (Å²) in [5.41, 5.74) is 6.02. The van der Waals surface area contributed by atoms with Gasteiger partial charge in [-0.1, -0.05) is 26.7 Å². The third kappa shape index (κ3) is 4.32. The zero-order valence-electron chi connectivity index (χ0n) is 11.8. The number of nitrogens with two attached hydrogens (primary N) is 1. The summed E-state index contributed by atoms with van der Waals surface area (Å²) >= 11 is 0. The predicted octanol–water partition coefficient (Wildman–Crippen LogP) is 0.527. The fourth-order valence-electron chi connectivity index (χ4n) is 1.91. The molecule has 1 amide bonds. The van der Waals surface area contributed by atoms with E-state index < -0.39 is 0 Å². The number of hydrogen-bond acceptors (Lipinski definition) is 3. The van der Waals surface area contributed by atoms with Crippen LogP contribution in [0.2, 0.25) is 0 Å². The van der Waals surface area contributed by atoms with Crippen molar-refractivity contribution in [2.24, 2.45) is 11.1 Å². The maximum Gasteiger partial charge on any atom is 0.224 e. The van der Waals surface area contributed by atoms with E-state index in [1.54, 1.807) is 0 Å². The molecule has 1 fully saturated rings. The second kappa shape index (κ2) is 6.21. The largest absolute Gasteiger partial charge is 0.340 e. The van der Waals surface area contributed by atoms with E-state index in [2.05, 4.69) is 31.6 Å². The maximum absolute atomic E-state index is 12.1. The van der Waals surface area contributed by atoms with Gasteiger partial charge >= 0.3 is 0 Å². The van der Waals surface area contributed by atoms with Gasteiger partial charge in [-0.2, -0.15) is 0 Å². The molecular weight excluding hydrogens is 226 g/mol. The van der Waals surface area contributed by atoms with Crippen molar-refractivity contribution >= 4 is 5.91 Å². The van der Waals surface area contributed by atoms with Gasteiger partial charge in [-0.05, 0) is 5.41 Å². The monoisotopic (exact) mass is 251 g/mol. The van der Waals surface area contributed by atoms with Crippen LogP contribution in [0.3, 0.4) is 0 Å². The van der Waals surface area contributed by atoms with Crippen LogP contribution in [-0.4, -0.2) is 54.5 Å². The van der Waals surface area contributed by atoms with Crippen molar-refractivity contribution in [3.05, 3.63) is 0 Å². The SMILES string of the molecule is C#CCN1CCN(C(=O)CC(N)C(C)(C)C)CC1. The number of rotatable bonds is 3. The van der Waals surface area contributed by atoms with Crippen LogP contribution in [0.1, 0.15) is 27.2 Å². The molecule has 1 atom stereocenters. The van der Waals surface area contributed by atoms with Crippen LogP contribution in [-0.2, 0) is 4.79 Å². The second-order valence-electron chi connectivity index (χ2n) is 6.04. The number of carbonyl (C=O) groups excluding carboxylic acids is 1. The van der Waals surface area contributed by atoms with Gasteiger partial charge in [-0.15, -0.1) is 6.42 Å². The van der Waals surface area contributed by atoms with E-state index >= 15 is 0 Å². The molecule has 1 rings (SSSR count). The zero-order valence-corrected chi connectivity index (χ0v) is 11.8. The molecule has 0 spiro atoms. The summed E-state index contributed by atoms with van der Waals surface area (Å²) in [6.45, 7) is 10.1. The molecule has 4 heteroatoms. The topological polar surface area (TPSA) is 49.6 Å². The highest BCUT2D eigenvalue weighted by atomic mass is 16.2. The van der Waals surface area contributed by atoms with E-state index in [-0.39, 0.29) is 17.4 Å². The smallest absolute Gasteiger partial charge is 0.224 e. The summed E-state index contributed by atoms with van der Waals surface area (Å²) in [6, 6.07) is -0.0891. The van der Waals surface area contributed by atoms with Gasteiger partial charge in [0.15, 0.2) is 0 Å². The van der Waals surface area contributed by atoms with Crippen LogP contribution in [0.5, 0.6) is 0 Å². The van der Waals surface area contributed by atoms with Gasteiger partial charge in [-0.25, -0.2) is 0 Å². The Hall–Kier alpha value is -1.05. The molecule has 18 heavy (non-hydrogen) atoms. The Kier molecular flexibility index (Phi) is 5.18. The normalized spacial score (nSPS) is 19.4. The summed E-state index contributed by atoms with van der Waals surface area (Å²) in [5, 5.41) is 0. The Morgan fingerprint density at radius 2 is 1.89 bits per heavy atom. The highest BCUT2D eigenvalue weighted by Crippen LogP contribution is 2.20. The number of piperazine rings is 1. The summed E-state index contributed by atoms with van der Waals surface area (Å²) in [4.78, 5) is 16.2. The van der Waals surface area contributed by atoms with Crippen molar-refractivity contribution in [1.82, 2.24) is 9.80 Å². The molecule has 102 valence electrons. The molecule has 0 aromatic rings. The second-order valence-corrected chi connectivity index (χ2v) is 6.04. The molecule has 1 aliphatic heterocycles. The molecule has 1 aliphatic rings. The van der Waals surface area contributed by atoms with Crippen LogP contribution in [0, 0.1) is 17.8 Å². The average Bonchev–Trinajstić information content (AvgIpc) is 2.29. The van der Waals surface area contributed by atoms with Crippen LogP contribution in [0.15, 0.2) is 0 Å². The summed E-state index contributed by atoms with van der Waals surface area (Å²) in [6.07, 6.45) is 5.71. The standard InChI is InChI=1S/C14H25N3O/c1-5-6-16-7-9-17(10-8-16)13(18)11-12(15)14(2,3)4/h1,12H,6-11,15H2,2-4H3. The number of hydrogen-bond donors (Lipinski definition) is 1. The number of terminal acetylenes is 1. The van der Waals surface area contributed by atoms with Crippen LogP contribution in [0.4, 0.5) is 0 Å². The third-order valence-corrected chi connectivity index (χ3v) is 3.55. The molecule has 1 saturated heterocycles.